The van der Waals surface area contributed by atoms with Gasteiger partial charge >= 0.3 is 0 Å². The first-order valence-electron chi connectivity index (χ1n) is 11.0. The highest BCUT2D eigenvalue weighted by molar-refractivity contribution is 6.88. The molecule has 1 unspecified atom stereocenters. The SMILES string of the molecule is COCc1ccc(C(C(=O)Cc2cc(F)c([Si](C)(C)C)cc2F)N(C)C(=O)c2cc(=O)[nH]o2)cc1. The van der Waals surface area contributed by atoms with Crippen LogP contribution in [0.3, 0.4) is 0 Å². The van der Waals surface area contributed by atoms with Crippen molar-refractivity contribution in [2.24, 2.45) is 0 Å². The molecule has 1 heterocycles. The first-order valence-corrected chi connectivity index (χ1v) is 14.5. The molecule has 0 aliphatic carbocycles. The summed E-state index contributed by atoms with van der Waals surface area (Å²) < 4.78 is 39.7. The van der Waals surface area contributed by atoms with Gasteiger partial charge in [0, 0.05) is 20.6 Å². The van der Waals surface area contributed by atoms with Gasteiger partial charge in [0.15, 0.2) is 5.78 Å². The molecule has 0 aliphatic rings. The lowest BCUT2D eigenvalue weighted by molar-refractivity contribution is -0.122. The summed E-state index contributed by atoms with van der Waals surface area (Å²) in [6.45, 7) is 6.06. The van der Waals surface area contributed by atoms with E-state index >= 15 is 0 Å². The summed E-state index contributed by atoms with van der Waals surface area (Å²) in [6, 6.07) is 8.89. The molecule has 186 valence electrons. The van der Waals surface area contributed by atoms with Crippen LogP contribution in [0.1, 0.15) is 33.3 Å². The lowest BCUT2D eigenvalue weighted by atomic mass is 9.95. The molecule has 2 aromatic carbocycles. The molecule has 0 fully saturated rings. The van der Waals surface area contributed by atoms with E-state index in [9.17, 15) is 23.2 Å². The van der Waals surface area contributed by atoms with Crippen molar-refractivity contribution < 1.29 is 27.6 Å². The van der Waals surface area contributed by atoms with Gasteiger partial charge in [0.25, 0.3) is 11.5 Å². The van der Waals surface area contributed by atoms with Crippen LogP contribution in [0.25, 0.3) is 0 Å². The normalized spacial score (nSPS) is 12.4. The van der Waals surface area contributed by atoms with Crippen molar-refractivity contribution in [2.45, 2.75) is 38.7 Å². The van der Waals surface area contributed by atoms with Crippen LogP contribution in [0.5, 0.6) is 0 Å². The zero-order valence-corrected chi connectivity index (χ0v) is 21.3. The van der Waals surface area contributed by atoms with Gasteiger partial charge in [-0.25, -0.2) is 8.78 Å². The Morgan fingerprint density at radius 3 is 2.29 bits per heavy atom. The van der Waals surface area contributed by atoms with E-state index in [2.05, 4.69) is 0 Å². The van der Waals surface area contributed by atoms with Gasteiger partial charge in [0.2, 0.25) is 5.76 Å². The zero-order chi connectivity index (χ0) is 25.9. The number of ether oxygens (including phenoxy) is 1. The summed E-state index contributed by atoms with van der Waals surface area (Å²) in [5.74, 6) is -2.74. The Balaban J connectivity index is 1.98. The number of rotatable bonds is 9. The molecule has 0 bridgehead atoms. The van der Waals surface area contributed by atoms with E-state index in [1.54, 1.807) is 31.4 Å². The molecule has 7 nitrogen and oxygen atoms in total. The standard InChI is InChI=1S/C25H28F2N2O5Si/c1-29(25(32)21-13-23(31)28-34-21)24(16-8-6-15(7-9-16)14-33-2)20(30)11-17-10-19(27)22(12-18(17)26)35(3,4)5/h6-10,12-13,24H,11,14H2,1-5H3,(H,28,31). The largest absolute Gasteiger partial charge is 0.380 e. The number of methoxy groups -OCH3 is 1. The van der Waals surface area contributed by atoms with Gasteiger partial charge in [0.1, 0.15) is 17.7 Å². The molecule has 1 N–H and O–H groups in total. The third-order valence-electron chi connectivity index (χ3n) is 5.66. The Labute approximate surface area is 202 Å². The van der Waals surface area contributed by atoms with Gasteiger partial charge in [-0.2, -0.15) is 5.16 Å². The number of hydrogen-bond donors (Lipinski definition) is 1. The molecule has 3 aromatic rings. The summed E-state index contributed by atoms with van der Waals surface area (Å²) in [5, 5.41) is 2.38. The Hall–Kier alpha value is -3.37. The van der Waals surface area contributed by atoms with Gasteiger partial charge < -0.3 is 14.2 Å². The van der Waals surface area contributed by atoms with E-state index in [1.165, 1.54) is 13.1 Å². The second-order valence-corrected chi connectivity index (χ2v) is 14.4. The van der Waals surface area contributed by atoms with Gasteiger partial charge in [-0.15, -0.1) is 0 Å². The number of halogens is 2. The minimum Gasteiger partial charge on any atom is -0.380 e. The molecule has 1 aromatic heterocycles. The monoisotopic (exact) mass is 502 g/mol. The van der Waals surface area contributed by atoms with Crippen LogP contribution >= 0.6 is 0 Å². The molecular formula is C25H28F2N2O5Si. The molecular weight excluding hydrogens is 474 g/mol. The van der Waals surface area contributed by atoms with E-state index in [4.69, 9.17) is 9.26 Å². The Morgan fingerprint density at radius 1 is 1.09 bits per heavy atom. The fraction of sp³-hybridized carbons (Fsp3) is 0.320. The van der Waals surface area contributed by atoms with Crippen LogP contribution in [-0.2, 0) is 22.6 Å². The minimum absolute atomic E-state index is 0.0930. The van der Waals surface area contributed by atoms with E-state index < -0.39 is 49.4 Å². The fourth-order valence-electron chi connectivity index (χ4n) is 3.85. The number of carbonyl (C=O) groups excluding carboxylic acids is 2. The van der Waals surface area contributed by atoms with Gasteiger partial charge in [-0.1, -0.05) is 43.9 Å². The van der Waals surface area contributed by atoms with Gasteiger partial charge in [-0.3, -0.25) is 14.4 Å². The predicted molar refractivity (Wildman–Crippen MR) is 129 cm³/mol. The molecule has 1 amide bonds. The van der Waals surface area contributed by atoms with Crippen LogP contribution in [0.2, 0.25) is 19.6 Å². The highest BCUT2D eigenvalue weighted by Gasteiger charge is 2.32. The van der Waals surface area contributed by atoms with E-state index in [-0.39, 0.29) is 11.3 Å². The first kappa shape index (κ1) is 26.2. The number of carbonyl (C=O) groups is 2. The number of nitrogens with one attached hydrogen (secondary N) is 1. The number of nitrogens with zero attached hydrogens (tertiary/aromatic N) is 1. The summed E-state index contributed by atoms with van der Waals surface area (Å²) in [7, 11) is 0.806. The molecule has 0 saturated carbocycles. The number of aromatic amines is 1. The Bertz CT molecular complexity index is 1280. The lowest BCUT2D eigenvalue weighted by Crippen LogP contribution is -2.40. The highest BCUT2D eigenvalue weighted by atomic mass is 28.3. The summed E-state index contributed by atoms with van der Waals surface area (Å²) >= 11 is 0. The lowest BCUT2D eigenvalue weighted by Gasteiger charge is -2.27. The third kappa shape index (κ3) is 6.01. The van der Waals surface area contributed by atoms with Gasteiger partial charge in [0.05, 0.1) is 20.7 Å². The van der Waals surface area contributed by atoms with E-state index in [1.807, 2.05) is 24.8 Å². The maximum absolute atomic E-state index is 14.9. The van der Waals surface area contributed by atoms with Crippen molar-refractivity contribution in [2.75, 3.05) is 14.2 Å². The second kappa shape index (κ2) is 10.5. The van der Waals surface area contributed by atoms with Crippen LogP contribution in [0.4, 0.5) is 8.78 Å². The molecule has 10 heteroatoms. The maximum atomic E-state index is 14.9. The second-order valence-electron chi connectivity index (χ2n) is 9.39. The molecule has 3 rings (SSSR count). The smallest absolute Gasteiger partial charge is 0.293 e. The third-order valence-corrected chi connectivity index (χ3v) is 7.66. The number of H-pyrrole nitrogens is 1. The predicted octanol–water partition coefficient (Wildman–Crippen LogP) is 3.56. The average Bonchev–Trinajstić information content (AvgIpc) is 3.22. The van der Waals surface area contributed by atoms with Crippen molar-refractivity contribution in [1.29, 1.82) is 0 Å². The quantitative estimate of drug-likeness (QED) is 0.452. The zero-order valence-electron chi connectivity index (χ0n) is 20.3. The fourth-order valence-corrected chi connectivity index (χ4v) is 5.20. The topological polar surface area (TPSA) is 92.6 Å². The number of hydrogen-bond acceptors (Lipinski definition) is 5. The van der Waals surface area contributed by atoms with Crippen LogP contribution in [-0.4, -0.2) is 44.0 Å². The molecule has 0 saturated heterocycles. The first-order chi connectivity index (χ1) is 16.4. The molecule has 35 heavy (non-hydrogen) atoms. The van der Waals surface area contributed by atoms with Crippen LogP contribution < -0.4 is 10.7 Å². The average molecular weight is 503 g/mol. The van der Waals surface area contributed by atoms with Crippen molar-refractivity contribution >= 4 is 25.0 Å². The number of Topliss-reactive ketones (excluding diaryl/α,β-unsaturated/α-hetero) is 1. The molecule has 0 radical (unpaired) electrons. The Kier molecular flexibility index (Phi) is 7.86. The number of benzene rings is 2. The molecule has 0 aliphatic heterocycles. The van der Waals surface area contributed by atoms with E-state index in [0.717, 1.165) is 22.6 Å². The minimum atomic E-state index is -2.13. The number of likely N-dealkylation sites (N-methyl/N-ethyl adjacent to an activating group) is 1. The summed E-state index contributed by atoms with van der Waals surface area (Å²) in [5.41, 5.74) is 0.615. The number of aromatic nitrogens is 1. The molecule has 0 spiro atoms. The van der Waals surface area contributed by atoms with Crippen molar-refractivity contribution in [1.82, 2.24) is 10.1 Å². The van der Waals surface area contributed by atoms with Crippen LogP contribution in [0.15, 0.2) is 51.8 Å². The summed E-state index contributed by atoms with van der Waals surface area (Å²) in [4.78, 5) is 38.9. The number of amides is 1. The van der Waals surface area contributed by atoms with Crippen molar-refractivity contribution in [3.8, 4) is 0 Å². The van der Waals surface area contributed by atoms with E-state index in [0.29, 0.717) is 17.4 Å². The van der Waals surface area contributed by atoms with Crippen molar-refractivity contribution in [3.05, 3.63) is 86.9 Å². The maximum Gasteiger partial charge on any atom is 0.293 e. The van der Waals surface area contributed by atoms with Gasteiger partial charge in [-0.05, 0) is 34.0 Å². The van der Waals surface area contributed by atoms with Crippen LogP contribution in [0, 0.1) is 11.6 Å². The molecule has 1 atom stereocenters. The highest BCUT2D eigenvalue weighted by Crippen LogP contribution is 2.26. The van der Waals surface area contributed by atoms with Crippen molar-refractivity contribution in [3.63, 3.8) is 0 Å². The summed E-state index contributed by atoms with van der Waals surface area (Å²) in [6.07, 6.45) is -0.437. The Morgan fingerprint density at radius 2 is 1.74 bits per heavy atom. The number of ketones is 1.